The lowest BCUT2D eigenvalue weighted by atomic mass is 10.1. The monoisotopic (exact) mass is 333 g/mol. The molecule has 3 heterocycles. The van der Waals surface area contributed by atoms with Crippen molar-refractivity contribution in [3.8, 4) is 0 Å². The zero-order valence-corrected chi connectivity index (χ0v) is 13.8. The lowest BCUT2D eigenvalue weighted by Gasteiger charge is -2.31. The molecule has 2 aromatic rings. The van der Waals surface area contributed by atoms with Crippen molar-refractivity contribution >= 4 is 22.6 Å². The number of rotatable bonds is 5. The number of ether oxygens (including phenoxy) is 1. The van der Waals surface area contributed by atoms with Crippen molar-refractivity contribution in [3.63, 3.8) is 0 Å². The quantitative estimate of drug-likeness (QED) is 0.893. The zero-order chi connectivity index (χ0) is 16.1. The molecular formula is C15H19N5O2S. The summed E-state index contributed by atoms with van der Waals surface area (Å²) in [6, 6.07) is 3.73. The first-order chi connectivity index (χ1) is 11.3. The summed E-state index contributed by atoms with van der Waals surface area (Å²) >= 11 is 1.40. The van der Waals surface area contributed by atoms with Crippen LogP contribution in [-0.4, -0.2) is 46.5 Å². The Balaban J connectivity index is 1.51. The molecule has 0 atom stereocenters. The molecule has 0 spiro atoms. The van der Waals surface area contributed by atoms with Gasteiger partial charge in [-0.05, 0) is 25.0 Å². The minimum Gasteiger partial charge on any atom is -0.377 e. The molecule has 3 rings (SSSR count). The third kappa shape index (κ3) is 4.02. The van der Waals surface area contributed by atoms with Gasteiger partial charge in [-0.1, -0.05) is 0 Å². The second-order valence-electron chi connectivity index (χ2n) is 5.40. The predicted molar refractivity (Wildman–Crippen MR) is 87.6 cm³/mol. The summed E-state index contributed by atoms with van der Waals surface area (Å²) in [6.07, 6.45) is 5.04. The first kappa shape index (κ1) is 15.8. The number of hydrogen-bond acceptors (Lipinski definition) is 7. The van der Waals surface area contributed by atoms with Crippen molar-refractivity contribution in [2.45, 2.75) is 25.5 Å². The normalized spacial score (nSPS) is 15.6. The van der Waals surface area contributed by atoms with Crippen molar-refractivity contribution in [1.29, 1.82) is 0 Å². The number of nitrogens with zero attached hydrogens (tertiary/aromatic N) is 4. The van der Waals surface area contributed by atoms with Crippen LogP contribution >= 0.6 is 11.5 Å². The Labute approximate surface area is 138 Å². The number of aromatic nitrogens is 3. The van der Waals surface area contributed by atoms with Crippen LogP contribution in [0.3, 0.4) is 0 Å². The molecule has 7 nitrogen and oxygen atoms in total. The SMILES string of the molecule is COCc1nsc(N2CCC(NC(=O)c3cccnc3)CC2)n1. The van der Waals surface area contributed by atoms with E-state index in [4.69, 9.17) is 4.74 Å². The van der Waals surface area contributed by atoms with Crippen molar-refractivity contribution < 1.29 is 9.53 Å². The van der Waals surface area contributed by atoms with Crippen molar-refractivity contribution in [1.82, 2.24) is 19.7 Å². The minimum atomic E-state index is -0.0603. The third-order valence-electron chi connectivity index (χ3n) is 3.76. The van der Waals surface area contributed by atoms with Gasteiger partial charge in [0.2, 0.25) is 5.13 Å². The summed E-state index contributed by atoms with van der Waals surface area (Å²) < 4.78 is 9.32. The molecule has 1 amide bonds. The highest BCUT2D eigenvalue weighted by Crippen LogP contribution is 2.22. The molecule has 0 radical (unpaired) electrons. The summed E-state index contributed by atoms with van der Waals surface area (Å²) in [5, 5.41) is 4.00. The highest BCUT2D eigenvalue weighted by atomic mass is 32.1. The van der Waals surface area contributed by atoms with Crippen LogP contribution in [0.4, 0.5) is 5.13 Å². The van der Waals surface area contributed by atoms with Gasteiger partial charge in [0.05, 0.1) is 5.56 Å². The van der Waals surface area contributed by atoms with Gasteiger partial charge in [0.15, 0.2) is 5.82 Å². The summed E-state index contributed by atoms with van der Waals surface area (Å²) in [4.78, 5) is 22.8. The average molecular weight is 333 g/mol. The van der Waals surface area contributed by atoms with Gasteiger partial charge in [-0.25, -0.2) is 4.98 Å². The Kier molecular flexibility index (Phi) is 5.14. The molecule has 0 bridgehead atoms. The molecule has 2 aromatic heterocycles. The van der Waals surface area contributed by atoms with Gasteiger partial charge in [0.25, 0.3) is 5.91 Å². The number of piperidine rings is 1. The fourth-order valence-electron chi connectivity index (χ4n) is 2.54. The van der Waals surface area contributed by atoms with Crippen molar-refractivity contribution in [2.75, 3.05) is 25.1 Å². The van der Waals surface area contributed by atoms with Gasteiger partial charge in [-0.15, -0.1) is 0 Å². The molecule has 8 heteroatoms. The number of hydrogen-bond donors (Lipinski definition) is 1. The van der Waals surface area contributed by atoms with Crippen molar-refractivity contribution in [2.24, 2.45) is 0 Å². The maximum atomic E-state index is 12.1. The number of amides is 1. The van der Waals surface area contributed by atoms with Crippen LogP contribution in [0.25, 0.3) is 0 Å². The van der Waals surface area contributed by atoms with E-state index in [2.05, 4.69) is 24.6 Å². The predicted octanol–water partition coefficient (Wildman–Crippen LogP) is 1.48. The Hall–Kier alpha value is -2.06. The van der Waals surface area contributed by atoms with E-state index < -0.39 is 0 Å². The highest BCUT2D eigenvalue weighted by molar-refractivity contribution is 7.09. The van der Waals surface area contributed by atoms with Crippen LogP contribution in [0, 0.1) is 0 Å². The van der Waals surface area contributed by atoms with E-state index in [9.17, 15) is 4.79 Å². The van der Waals surface area contributed by atoms with E-state index in [1.165, 1.54) is 11.5 Å². The zero-order valence-electron chi connectivity index (χ0n) is 12.9. The van der Waals surface area contributed by atoms with E-state index >= 15 is 0 Å². The topological polar surface area (TPSA) is 80.2 Å². The van der Waals surface area contributed by atoms with E-state index in [0.717, 1.165) is 36.9 Å². The molecular weight excluding hydrogens is 314 g/mol. The molecule has 1 N–H and O–H groups in total. The Morgan fingerprint density at radius 3 is 3.00 bits per heavy atom. The van der Waals surface area contributed by atoms with Gasteiger partial charge in [0.1, 0.15) is 6.61 Å². The van der Waals surface area contributed by atoms with Gasteiger partial charge >= 0.3 is 0 Å². The molecule has 1 aliphatic heterocycles. The second kappa shape index (κ2) is 7.47. The third-order valence-corrected chi connectivity index (χ3v) is 4.57. The number of carbonyl (C=O) groups is 1. The lowest BCUT2D eigenvalue weighted by molar-refractivity contribution is 0.0930. The van der Waals surface area contributed by atoms with Crippen LogP contribution in [0.2, 0.25) is 0 Å². The van der Waals surface area contributed by atoms with Gasteiger partial charge < -0.3 is 15.0 Å². The minimum absolute atomic E-state index is 0.0603. The summed E-state index contributed by atoms with van der Waals surface area (Å²) in [5.41, 5.74) is 0.600. The fraction of sp³-hybridized carbons (Fsp3) is 0.467. The summed E-state index contributed by atoms with van der Waals surface area (Å²) in [6.45, 7) is 2.16. The molecule has 23 heavy (non-hydrogen) atoms. The largest absolute Gasteiger partial charge is 0.377 e. The first-order valence-electron chi connectivity index (χ1n) is 7.53. The Bertz CT molecular complexity index is 640. The number of nitrogens with one attached hydrogen (secondary N) is 1. The average Bonchev–Trinajstić information content (AvgIpc) is 3.05. The number of pyridine rings is 1. The molecule has 0 aromatic carbocycles. The van der Waals surface area contributed by atoms with Crippen LogP contribution in [0.5, 0.6) is 0 Å². The molecule has 1 saturated heterocycles. The lowest BCUT2D eigenvalue weighted by Crippen LogP contribution is -2.44. The van der Waals surface area contributed by atoms with Gasteiger partial charge in [-0.3, -0.25) is 9.78 Å². The first-order valence-corrected chi connectivity index (χ1v) is 8.31. The maximum Gasteiger partial charge on any atom is 0.253 e. The summed E-state index contributed by atoms with van der Waals surface area (Å²) in [7, 11) is 1.64. The molecule has 1 fully saturated rings. The Morgan fingerprint density at radius 2 is 2.30 bits per heavy atom. The smallest absolute Gasteiger partial charge is 0.253 e. The Morgan fingerprint density at radius 1 is 1.48 bits per heavy atom. The molecule has 0 saturated carbocycles. The molecule has 122 valence electrons. The summed E-state index contributed by atoms with van der Waals surface area (Å²) in [5.74, 6) is 0.661. The molecule has 0 aliphatic carbocycles. The fourth-order valence-corrected chi connectivity index (χ4v) is 3.27. The van der Waals surface area contributed by atoms with E-state index in [1.807, 2.05) is 0 Å². The molecule has 0 unspecified atom stereocenters. The number of methoxy groups -OCH3 is 1. The second-order valence-corrected chi connectivity index (χ2v) is 6.13. The van der Waals surface area contributed by atoms with Crippen LogP contribution in [-0.2, 0) is 11.3 Å². The molecule has 1 aliphatic rings. The number of anilines is 1. The van der Waals surface area contributed by atoms with Crippen LogP contribution < -0.4 is 10.2 Å². The van der Waals surface area contributed by atoms with E-state index in [0.29, 0.717) is 12.2 Å². The van der Waals surface area contributed by atoms with E-state index in [1.54, 1.807) is 31.6 Å². The van der Waals surface area contributed by atoms with Gasteiger partial charge in [-0.2, -0.15) is 4.37 Å². The van der Waals surface area contributed by atoms with E-state index in [-0.39, 0.29) is 11.9 Å². The maximum absolute atomic E-state index is 12.1. The van der Waals surface area contributed by atoms with Crippen molar-refractivity contribution in [3.05, 3.63) is 35.9 Å². The van der Waals surface area contributed by atoms with Crippen LogP contribution in [0.1, 0.15) is 29.0 Å². The standard InChI is InChI=1S/C15H19N5O2S/c1-22-10-13-18-15(23-19-13)20-7-4-12(5-8-20)17-14(21)11-3-2-6-16-9-11/h2-3,6,9,12H,4-5,7-8,10H2,1H3,(H,17,21). The number of carbonyl (C=O) groups excluding carboxylic acids is 1. The highest BCUT2D eigenvalue weighted by Gasteiger charge is 2.23. The van der Waals surface area contributed by atoms with Gasteiger partial charge in [0, 0.05) is 50.2 Å². The van der Waals surface area contributed by atoms with Crippen LogP contribution in [0.15, 0.2) is 24.5 Å².